The Bertz CT molecular complexity index is 642. The van der Waals surface area contributed by atoms with Crippen molar-refractivity contribution >= 4 is 5.95 Å². The van der Waals surface area contributed by atoms with Crippen molar-refractivity contribution in [1.82, 2.24) is 20.0 Å². The quantitative estimate of drug-likeness (QED) is 0.675. The Balaban J connectivity index is 1.92. The van der Waals surface area contributed by atoms with E-state index in [4.69, 9.17) is 0 Å². The highest BCUT2D eigenvalue weighted by molar-refractivity contribution is 5.37. The molecular formula is C13H13N5O2. The molecule has 0 aliphatic carbocycles. The summed E-state index contributed by atoms with van der Waals surface area (Å²) < 4.78 is 1.50. The molecule has 0 unspecified atom stereocenters. The second-order valence-corrected chi connectivity index (χ2v) is 4.41. The third kappa shape index (κ3) is 2.39. The fourth-order valence-electron chi connectivity index (χ4n) is 2.10. The number of hydrogen-bond donors (Lipinski definition) is 1. The highest BCUT2D eigenvalue weighted by Crippen LogP contribution is 2.19. The number of aromatic nitrogens is 2. The van der Waals surface area contributed by atoms with Gasteiger partial charge in [0.2, 0.25) is 0 Å². The van der Waals surface area contributed by atoms with Gasteiger partial charge in [0, 0.05) is 12.7 Å². The molecule has 0 spiro atoms. The molecule has 1 aromatic carbocycles. The minimum atomic E-state index is -0.466. The van der Waals surface area contributed by atoms with Gasteiger partial charge in [-0.1, -0.05) is 29.3 Å². The number of benzene rings is 1. The van der Waals surface area contributed by atoms with E-state index in [-0.39, 0.29) is 5.95 Å². The van der Waals surface area contributed by atoms with Gasteiger partial charge >= 0.3 is 5.95 Å². The second-order valence-electron chi connectivity index (χ2n) is 4.41. The van der Waals surface area contributed by atoms with Gasteiger partial charge in [0.1, 0.15) is 11.9 Å². The predicted octanol–water partition coefficient (Wildman–Crippen LogP) is 1.61. The van der Waals surface area contributed by atoms with E-state index < -0.39 is 4.92 Å². The summed E-state index contributed by atoms with van der Waals surface area (Å²) in [7, 11) is 0. The van der Waals surface area contributed by atoms with Crippen LogP contribution in [0.25, 0.3) is 5.69 Å². The molecule has 20 heavy (non-hydrogen) atoms. The van der Waals surface area contributed by atoms with Gasteiger partial charge in [-0.25, -0.2) is 5.01 Å². The molecule has 2 heterocycles. The summed E-state index contributed by atoms with van der Waals surface area (Å²) >= 11 is 0. The molecule has 0 amide bonds. The van der Waals surface area contributed by atoms with Crippen LogP contribution >= 0.6 is 0 Å². The fourth-order valence-corrected chi connectivity index (χ4v) is 2.10. The zero-order chi connectivity index (χ0) is 13.9. The minimum absolute atomic E-state index is 0.168. The van der Waals surface area contributed by atoms with Gasteiger partial charge in [0.25, 0.3) is 0 Å². The van der Waals surface area contributed by atoms with Crippen LogP contribution in [-0.4, -0.2) is 26.0 Å². The normalized spacial score (nSPS) is 14.4. The molecule has 1 aliphatic rings. The zero-order valence-corrected chi connectivity index (χ0v) is 10.6. The van der Waals surface area contributed by atoms with Crippen molar-refractivity contribution < 1.29 is 4.92 Å². The van der Waals surface area contributed by atoms with Crippen LogP contribution in [0.2, 0.25) is 0 Å². The maximum absolute atomic E-state index is 11.1. The van der Waals surface area contributed by atoms with Crippen molar-refractivity contribution in [3.8, 4) is 5.69 Å². The first-order valence-corrected chi connectivity index (χ1v) is 6.18. The topological polar surface area (TPSA) is 76.2 Å². The highest BCUT2D eigenvalue weighted by atomic mass is 16.6. The molecule has 0 bridgehead atoms. The number of imidazole rings is 1. The van der Waals surface area contributed by atoms with E-state index in [9.17, 15) is 10.1 Å². The van der Waals surface area contributed by atoms with Crippen LogP contribution in [0.1, 0.15) is 5.69 Å². The predicted molar refractivity (Wildman–Crippen MR) is 72.9 cm³/mol. The molecule has 1 aromatic heterocycles. The fraction of sp³-hybridized carbons (Fsp3) is 0.154. The molecule has 0 saturated heterocycles. The molecule has 0 saturated carbocycles. The highest BCUT2D eigenvalue weighted by Gasteiger charge is 2.22. The van der Waals surface area contributed by atoms with Crippen LogP contribution in [0.5, 0.6) is 0 Å². The Morgan fingerprint density at radius 2 is 2.15 bits per heavy atom. The number of nitrogens with zero attached hydrogens (tertiary/aromatic N) is 4. The first kappa shape index (κ1) is 12.4. The number of para-hydroxylation sites is 1. The van der Waals surface area contributed by atoms with Crippen molar-refractivity contribution in [3.63, 3.8) is 0 Å². The third-order valence-corrected chi connectivity index (χ3v) is 2.99. The molecule has 7 heteroatoms. The van der Waals surface area contributed by atoms with Crippen LogP contribution < -0.4 is 5.43 Å². The summed E-state index contributed by atoms with van der Waals surface area (Å²) in [5.74, 6) is -0.168. The van der Waals surface area contributed by atoms with E-state index in [1.165, 1.54) is 4.57 Å². The molecule has 102 valence electrons. The Hall–Kier alpha value is -2.67. The van der Waals surface area contributed by atoms with Crippen LogP contribution in [0, 0.1) is 10.1 Å². The Labute approximate surface area is 115 Å². The molecule has 1 aliphatic heterocycles. The van der Waals surface area contributed by atoms with E-state index in [0.29, 0.717) is 12.2 Å². The maximum Gasteiger partial charge on any atom is 0.439 e. The van der Waals surface area contributed by atoms with Crippen molar-refractivity contribution in [2.24, 2.45) is 0 Å². The van der Waals surface area contributed by atoms with Crippen molar-refractivity contribution in [2.75, 3.05) is 6.54 Å². The van der Waals surface area contributed by atoms with E-state index in [0.717, 1.165) is 12.2 Å². The van der Waals surface area contributed by atoms with E-state index in [2.05, 4.69) is 10.4 Å². The largest absolute Gasteiger partial charge is 0.439 e. The lowest BCUT2D eigenvalue weighted by Gasteiger charge is -2.11. The van der Waals surface area contributed by atoms with Gasteiger partial charge < -0.3 is 15.5 Å². The second kappa shape index (κ2) is 5.14. The average Bonchev–Trinajstić information content (AvgIpc) is 3.10. The number of nitro groups is 1. The molecular weight excluding hydrogens is 258 g/mol. The Morgan fingerprint density at radius 1 is 1.35 bits per heavy atom. The molecule has 0 atom stereocenters. The van der Waals surface area contributed by atoms with E-state index in [1.54, 1.807) is 6.20 Å². The van der Waals surface area contributed by atoms with Crippen LogP contribution in [-0.2, 0) is 6.54 Å². The summed E-state index contributed by atoms with van der Waals surface area (Å²) in [4.78, 5) is 14.8. The zero-order valence-electron chi connectivity index (χ0n) is 10.6. The minimum Gasteiger partial charge on any atom is -0.390 e. The first-order chi connectivity index (χ1) is 9.74. The Kier molecular flexibility index (Phi) is 3.18. The molecule has 2 aromatic rings. The monoisotopic (exact) mass is 271 g/mol. The maximum atomic E-state index is 11.1. The van der Waals surface area contributed by atoms with Gasteiger partial charge in [0.05, 0.1) is 6.54 Å². The van der Waals surface area contributed by atoms with Gasteiger partial charge in [-0.05, 0) is 17.1 Å². The number of hydrazine groups is 1. The summed E-state index contributed by atoms with van der Waals surface area (Å²) in [5.41, 5.74) is 4.41. The van der Waals surface area contributed by atoms with Crippen molar-refractivity contribution in [3.05, 3.63) is 64.6 Å². The van der Waals surface area contributed by atoms with Crippen molar-refractivity contribution in [2.45, 2.75) is 6.54 Å². The summed E-state index contributed by atoms with van der Waals surface area (Å²) in [6, 6.07) is 9.17. The lowest BCUT2D eigenvalue weighted by atomic mass is 10.3. The SMILES string of the molecule is O=[N+]([O-])c1nc(CN2CC=CN2)cn1-c1ccccc1. The summed E-state index contributed by atoms with van der Waals surface area (Å²) in [6.45, 7) is 1.26. The van der Waals surface area contributed by atoms with Gasteiger partial charge in [-0.3, -0.25) is 0 Å². The lowest BCUT2D eigenvalue weighted by molar-refractivity contribution is -0.395. The van der Waals surface area contributed by atoms with Gasteiger partial charge in [0.15, 0.2) is 5.69 Å². The average molecular weight is 271 g/mol. The molecule has 7 nitrogen and oxygen atoms in total. The van der Waals surface area contributed by atoms with E-state index in [1.807, 2.05) is 47.6 Å². The van der Waals surface area contributed by atoms with E-state index >= 15 is 0 Å². The number of rotatable bonds is 4. The summed E-state index contributed by atoms with van der Waals surface area (Å²) in [5, 5.41) is 13.0. The van der Waals surface area contributed by atoms with Crippen LogP contribution in [0.4, 0.5) is 5.95 Å². The van der Waals surface area contributed by atoms with Crippen molar-refractivity contribution in [1.29, 1.82) is 0 Å². The smallest absolute Gasteiger partial charge is 0.390 e. The molecule has 0 fully saturated rings. The number of hydrogen-bond acceptors (Lipinski definition) is 5. The first-order valence-electron chi connectivity index (χ1n) is 6.18. The number of nitrogens with one attached hydrogen (secondary N) is 1. The summed E-state index contributed by atoms with van der Waals surface area (Å²) in [6.07, 6.45) is 5.51. The molecule has 3 rings (SSSR count). The van der Waals surface area contributed by atoms with Crippen LogP contribution in [0.3, 0.4) is 0 Å². The van der Waals surface area contributed by atoms with Crippen LogP contribution in [0.15, 0.2) is 48.8 Å². The molecule has 1 N–H and O–H groups in total. The third-order valence-electron chi connectivity index (χ3n) is 2.99. The lowest BCUT2D eigenvalue weighted by Crippen LogP contribution is -2.29. The Morgan fingerprint density at radius 3 is 2.80 bits per heavy atom. The van der Waals surface area contributed by atoms with Gasteiger partial charge in [-0.15, -0.1) is 0 Å². The molecule has 0 radical (unpaired) electrons. The standard InChI is InChI=1S/C13H13N5O2/c19-18(20)13-15-11(9-16-8-4-7-14-16)10-17(13)12-5-2-1-3-6-12/h1-7,10,14H,8-9H2. The van der Waals surface area contributed by atoms with Gasteiger partial charge in [-0.2, -0.15) is 4.57 Å².